The molecule has 7 heteroatoms. The normalized spacial score (nSPS) is 10.1. The van der Waals surface area contributed by atoms with Crippen molar-refractivity contribution in [3.05, 3.63) is 42.5 Å². The molecule has 0 bridgehead atoms. The van der Waals surface area contributed by atoms with E-state index in [4.69, 9.17) is 0 Å². The first-order chi connectivity index (χ1) is 10.2. The Kier molecular flexibility index (Phi) is 5.03. The number of aryl methyl sites for hydroxylation is 1. The molecule has 0 aliphatic carbocycles. The summed E-state index contributed by atoms with van der Waals surface area (Å²) in [7, 11) is 1.31. The molecule has 1 N–H and O–H groups in total. The fourth-order valence-electron chi connectivity index (χ4n) is 1.74. The zero-order chi connectivity index (χ0) is 15.1. The number of methoxy groups -OCH3 is 1. The van der Waals surface area contributed by atoms with Crippen LogP contribution in [-0.4, -0.2) is 33.8 Å². The molecule has 0 aliphatic heterocycles. The van der Waals surface area contributed by atoms with Gasteiger partial charge in [0.1, 0.15) is 6.54 Å². The number of anilines is 1. The van der Waals surface area contributed by atoms with Gasteiger partial charge < -0.3 is 10.1 Å². The molecule has 0 radical (unpaired) electrons. The van der Waals surface area contributed by atoms with Crippen molar-refractivity contribution in [1.29, 1.82) is 0 Å². The van der Waals surface area contributed by atoms with Gasteiger partial charge in [-0.15, -0.1) is 0 Å². The van der Waals surface area contributed by atoms with Crippen molar-refractivity contribution < 1.29 is 14.3 Å². The highest BCUT2D eigenvalue weighted by Crippen LogP contribution is 2.07. The third-order valence-corrected chi connectivity index (χ3v) is 2.80. The number of rotatable bonds is 6. The van der Waals surface area contributed by atoms with Crippen LogP contribution in [-0.2, 0) is 27.3 Å². The summed E-state index contributed by atoms with van der Waals surface area (Å²) in [6, 6.07) is 3.76. The summed E-state index contributed by atoms with van der Waals surface area (Å²) in [4.78, 5) is 26.9. The second kappa shape index (κ2) is 7.18. The summed E-state index contributed by atoms with van der Waals surface area (Å²) in [5, 5.41) is 6.70. The van der Waals surface area contributed by atoms with Crippen LogP contribution in [0, 0.1) is 0 Å². The molecular formula is C14H16N4O3. The van der Waals surface area contributed by atoms with E-state index in [1.807, 2.05) is 12.1 Å². The van der Waals surface area contributed by atoms with Gasteiger partial charge in [0.2, 0.25) is 5.91 Å². The number of hydrogen-bond acceptors (Lipinski definition) is 5. The molecule has 0 atom stereocenters. The first-order valence-electron chi connectivity index (χ1n) is 6.45. The number of carbonyl (C=O) groups excluding carboxylic acids is 2. The van der Waals surface area contributed by atoms with Crippen molar-refractivity contribution in [3.63, 3.8) is 0 Å². The summed E-state index contributed by atoms with van der Waals surface area (Å²) >= 11 is 0. The van der Waals surface area contributed by atoms with Gasteiger partial charge in [0, 0.05) is 25.0 Å². The SMILES string of the molecule is COC(=O)Cn1cc(NC(=O)CCc2cccnc2)cn1. The molecule has 0 aromatic carbocycles. The average molecular weight is 288 g/mol. The van der Waals surface area contributed by atoms with E-state index in [9.17, 15) is 9.59 Å². The highest BCUT2D eigenvalue weighted by molar-refractivity contribution is 5.90. The minimum atomic E-state index is -0.396. The Hall–Kier alpha value is -2.70. The van der Waals surface area contributed by atoms with Crippen LogP contribution < -0.4 is 5.32 Å². The van der Waals surface area contributed by atoms with Crippen molar-refractivity contribution in [2.75, 3.05) is 12.4 Å². The third-order valence-electron chi connectivity index (χ3n) is 2.80. The Morgan fingerprint density at radius 2 is 2.24 bits per heavy atom. The second-order valence-corrected chi connectivity index (χ2v) is 4.41. The van der Waals surface area contributed by atoms with Crippen LogP contribution in [0.4, 0.5) is 5.69 Å². The van der Waals surface area contributed by atoms with Crippen molar-refractivity contribution in [3.8, 4) is 0 Å². The Bertz CT molecular complexity index is 610. The number of nitrogens with one attached hydrogen (secondary N) is 1. The van der Waals surface area contributed by atoms with Crippen LogP contribution in [0.1, 0.15) is 12.0 Å². The zero-order valence-corrected chi connectivity index (χ0v) is 11.7. The van der Waals surface area contributed by atoms with E-state index in [2.05, 4.69) is 20.1 Å². The molecule has 21 heavy (non-hydrogen) atoms. The number of amides is 1. The van der Waals surface area contributed by atoms with Gasteiger partial charge in [-0.05, 0) is 18.1 Å². The van der Waals surface area contributed by atoms with Gasteiger partial charge in [-0.1, -0.05) is 6.07 Å². The molecule has 0 aliphatic rings. The topological polar surface area (TPSA) is 86.1 Å². The molecule has 1 amide bonds. The number of hydrogen-bond donors (Lipinski definition) is 1. The highest BCUT2D eigenvalue weighted by atomic mass is 16.5. The van der Waals surface area contributed by atoms with Crippen LogP contribution in [0.25, 0.3) is 0 Å². The molecule has 0 saturated heterocycles. The van der Waals surface area contributed by atoms with E-state index < -0.39 is 5.97 Å². The van der Waals surface area contributed by atoms with Crippen LogP contribution in [0.3, 0.4) is 0 Å². The van der Waals surface area contributed by atoms with E-state index in [1.54, 1.807) is 18.6 Å². The maximum absolute atomic E-state index is 11.8. The lowest BCUT2D eigenvalue weighted by Gasteiger charge is -2.02. The van der Waals surface area contributed by atoms with Crippen molar-refractivity contribution in [2.45, 2.75) is 19.4 Å². The summed E-state index contributed by atoms with van der Waals surface area (Å²) in [6.45, 7) is 0.0159. The molecule has 2 aromatic heterocycles. The number of ether oxygens (including phenoxy) is 1. The summed E-state index contributed by atoms with van der Waals surface area (Å²) in [5.74, 6) is -0.510. The molecule has 7 nitrogen and oxygen atoms in total. The van der Waals surface area contributed by atoms with E-state index >= 15 is 0 Å². The van der Waals surface area contributed by atoms with E-state index in [0.717, 1.165) is 5.56 Å². The smallest absolute Gasteiger partial charge is 0.327 e. The van der Waals surface area contributed by atoms with Gasteiger partial charge in [-0.25, -0.2) is 0 Å². The first-order valence-corrected chi connectivity index (χ1v) is 6.45. The fourth-order valence-corrected chi connectivity index (χ4v) is 1.74. The van der Waals surface area contributed by atoms with Crippen LogP contribution >= 0.6 is 0 Å². The van der Waals surface area contributed by atoms with Gasteiger partial charge in [0.25, 0.3) is 0 Å². The standard InChI is InChI=1S/C14H16N4O3/c1-21-14(20)10-18-9-12(8-16-18)17-13(19)5-4-11-3-2-6-15-7-11/h2-3,6-9H,4-5,10H2,1H3,(H,17,19). The van der Waals surface area contributed by atoms with E-state index in [-0.39, 0.29) is 12.5 Å². The lowest BCUT2D eigenvalue weighted by molar-refractivity contribution is -0.141. The average Bonchev–Trinajstić information content (AvgIpc) is 2.93. The summed E-state index contributed by atoms with van der Waals surface area (Å²) in [5.41, 5.74) is 1.56. The molecule has 0 saturated carbocycles. The third kappa shape index (κ3) is 4.72. The minimum absolute atomic E-state index is 0.0159. The van der Waals surface area contributed by atoms with Crippen LogP contribution in [0.5, 0.6) is 0 Å². The molecular weight excluding hydrogens is 272 g/mol. The van der Waals surface area contributed by atoms with Gasteiger partial charge >= 0.3 is 5.97 Å². The summed E-state index contributed by atoms with van der Waals surface area (Å²) < 4.78 is 5.94. The molecule has 0 unspecified atom stereocenters. The minimum Gasteiger partial charge on any atom is -0.468 e. The number of aromatic nitrogens is 3. The quantitative estimate of drug-likeness (QED) is 0.802. The monoisotopic (exact) mass is 288 g/mol. The maximum atomic E-state index is 11.8. The molecule has 0 fully saturated rings. The van der Waals surface area contributed by atoms with Crippen molar-refractivity contribution in [2.24, 2.45) is 0 Å². The summed E-state index contributed by atoms with van der Waals surface area (Å²) in [6.07, 6.45) is 7.48. The second-order valence-electron chi connectivity index (χ2n) is 4.41. The predicted molar refractivity (Wildman–Crippen MR) is 75.4 cm³/mol. The van der Waals surface area contributed by atoms with Crippen molar-refractivity contribution in [1.82, 2.24) is 14.8 Å². The number of pyridine rings is 1. The van der Waals surface area contributed by atoms with Gasteiger partial charge in [0.05, 0.1) is 19.0 Å². The van der Waals surface area contributed by atoms with E-state index in [1.165, 1.54) is 18.0 Å². The first kappa shape index (κ1) is 14.7. The fraction of sp³-hybridized carbons (Fsp3) is 0.286. The molecule has 2 rings (SSSR count). The lowest BCUT2D eigenvalue weighted by Crippen LogP contribution is -2.13. The molecule has 0 spiro atoms. The number of carbonyl (C=O) groups is 2. The largest absolute Gasteiger partial charge is 0.468 e. The lowest BCUT2D eigenvalue weighted by atomic mass is 10.1. The maximum Gasteiger partial charge on any atom is 0.327 e. The Labute approximate surface area is 121 Å². The highest BCUT2D eigenvalue weighted by Gasteiger charge is 2.07. The predicted octanol–water partition coefficient (Wildman–Crippen LogP) is 1.02. The van der Waals surface area contributed by atoms with Gasteiger partial charge in [-0.2, -0.15) is 5.10 Å². The molecule has 110 valence electrons. The molecule has 2 aromatic rings. The number of nitrogens with zero attached hydrogens (tertiary/aromatic N) is 3. The molecule has 2 heterocycles. The Morgan fingerprint density at radius 1 is 1.38 bits per heavy atom. The van der Waals surface area contributed by atoms with E-state index in [0.29, 0.717) is 18.5 Å². The van der Waals surface area contributed by atoms with Crippen molar-refractivity contribution >= 4 is 17.6 Å². The Morgan fingerprint density at radius 3 is 2.95 bits per heavy atom. The Balaban J connectivity index is 1.81. The van der Waals surface area contributed by atoms with Gasteiger partial charge in [0.15, 0.2) is 0 Å². The number of esters is 1. The zero-order valence-electron chi connectivity index (χ0n) is 11.7. The van der Waals surface area contributed by atoms with Crippen LogP contribution in [0.2, 0.25) is 0 Å². The van der Waals surface area contributed by atoms with Gasteiger partial charge in [-0.3, -0.25) is 19.3 Å². The van der Waals surface area contributed by atoms with Crippen LogP contribution in [0.15, 0.2) is 36.9 Å².